The Morgan fingerprint density at radius 2 is 1.86 bits per heavy atom. The van der Waals surface area contributed by atoms with Crippen molar-refractivity contribution in [3.05, 3.63) is 11.6 Å². The molecule has 0 aromatic heterocycles. The molecule has 0 aromatic rings. The molecule has 0 rings (SSSR count). The Morgan fingerprint density at radius 3 is 2.24 bits per heavy atom. The zero-order chi connectivity index (χ0) is 16.8. The van der Waals surface area contributed by atoms with Crippen LogP contribution in [0.4, 0.5) is 0 Å². The van der Waals surface area contributed by atoms with Crippen LogP contribution in [0.15, 0.2) is 11.6 Å². The van der Waals surface area contributed by atoms with Gasteiger partial charge in [-0.15, -0.1) is 12.3 Å². The van der Waals surface area contributed by atoms with Gasteiger partial charge in [0.1, 0.15) is 0 Å². The number of terminal acetylenes is 1. The second-order valence-corrected chi connectivity index (χ2v) is 12.5. The second kappa shape index (κ2) is 8.17. The maximum absolute atomic E-state index is 9.24. The van der Waals surface area contributed by atoms with Crippen LogP contribution in [0.1, 0.15) is 48.0 Å². The van der Waals surface area contributed by atoms with Crippen LogP contribution >= 0.6 is 0 Å². The first kappa shape index (κ1) is 20.4. The van der Waals surface area contributed by atoms with Crippen LogP contribution in [0.3, 0.4) is 0 Å². The first-order valence-electron chi connectivity index (χ1n) is 7.85. The molecule has 3 atom stereocenters. The number of hydrogen-bond donors (Lipinski definition) is 1. The molecule has 3 heteroatoms. The van der Waals surface area contributed by atoms with Crippen molar-refractivity contribution in [3.63, 3.8) is 0 Å². The van der Waals surface area contributed by atoms with Crippen molar-refractivity contribution in [2.75, 3.05) is 6.61 Å². The van der Waals surface area contributed by atoms with Gasteiger partial charge in [-0.25, -0.2) is 0 Å². The normalized spacial score (nSPS) is 18.0. The number of rotatable bonds is 7. The van der Waals surface area contributed by atoms with E-state index in [2.05, 4.69) is 59.7 Å². The van der Waals surface area contributed by atoms with Crippen molar-refractivity contribution in [2.24, 2.45) is 11.8 Å². The third-order valence-corrected chi connectivity index (χ3v) is 9.03. The Kier molecular flexibility index (Phi) is 7.95. The molecule has 0 unspecified atom stereocenters. The molecular weight excluding hydrogens is 276 g/mol. The molecule has 0 aromatic carbocycles. The first-order chi connectivity index (χ1) is 9.46. The molecule has 0 aliphatic carbocycles. The highest BCUT2D eigenvalue weighted by molar-refractivity contribution is 6.74. The molecule has 0 saturated heterocycles. The average Bonchev–Trinajstić information content (AvgIpc) is 2.34. The molecule has 0 aliphatic heterocycles. The third-order valence-electron chi connectivity index (χ3n) is 4.55. The molecular formula is C18H34O2Si. The van der Waals surface area contributed by atoms with E-state index in [1.165, 1.54) is 0 Å². The fraction of sp³-hybridized carbons (Fsp3) is 0.778. The monoisotopic (exact) mass is 310 g/mol. The fourth-order valence-corrected chi connectivity index (χ4v) is 3.64. The lowest BCUT2D eigenvalue weighted by molar-refractivity contribution is 0.0942. The minimum absolute atomic E-state index is 0.0979. The lowest BCUT2D eigenvalue weighted by atomic mass is 9.90. The predicted molar refractivity (Wildman–Crippen MR) is 94.7 cm³/mol. The third kappa shape index (κ3) is 6.38. The summed E-state index contributed by atoms with van der Waals surface area (Å²) in [6.07, 6.45) is 8.43. The van der Waals surface area contributed by atoms with Crippen LogP contribution < -0.4 is 0 Å². The second-order valence-electron chi connectivity index (χ2n) is 7.76. The number of aliphatic hydroxyl groups is 1. The predicted octanol–water partition coefficient (Wildman–Crippen LogP) is 4.61. The minimum atomic E-state index is -1.84. The van der Waals surface area contributed by atoms with Gasteiger partial charge in [0.05, 0.1) is 12.7 Å². The van der Waals surface area contributed by atoms with Gasteiger partial charge in [-0.1, -0.05) is 46.3 Å². The van der Waals surface area contributed by atoms with Gasteiger partial charge in [-0.2, -0.15) is 0 Å². The molecule has 0 fully saturated rings. The SMILES string of the molecule is C#CC[C@H](C)[C@H](O[Si](C)(C)C(C)(C)C)[C@H](C)/C=C(\C)CO. The van der Waals surface area contributed by atoms with Crippen LogP contribution in [0.2, 0.25) is 18.1 Å². The number of aliphatic hydroxyl groups excluding tert-OH is 1. The summed E-state index contributed by atoms with van der Waals surface area (Å²) in [5.41, 5.74) is 0.985. The lowest BCUT2D eigenvalue weighted by Gasteiger charge is -2.42. The van der Waals surface area contributed by atoms with Gasteiger partial charge >= 0.3 is 0 Å². The Bertz CT molecular complexity index is 385. The molecule has 122 valence electrons. The Balaban J connectivity index is 5.31. The van der Waals surface area contributed by atoms with Gasteiger partial charge in [-0.3, -0.25) is 0 Å². The van der Waals surface area contributed by atoms with E-state index in [4.69, 9.17) is 10.8 Å². The lowest BCUT2D eigenvalue weighted by Crippen LogP contribution is -2.47. The van der Waals surface area contributed by atoms with E-state index in [0.29, 0.717) is 5.92 Å². The van der Waals surface area contributed by atoms with Crippen LogP contribution in [0, 0.1) is 24.2 Å². The molecule has 0 heterocycles. The van der Waals surface area contributed by atoms with E-state index < -0.39 is 8.32 Å². The van der Waals surface area contributed by atoms with E-state index in [-0.39, 0.29) is 23.7 Å². The van der Waals surface area contributed by atoms with Crippen LogP contribution in [-0.4, -0.2) is 26.1 Å². The molecule has 21 heavy (non-hydrogen) atoms. The van der Waals surface area contributed by atoms with Gasteiger partial charge in [0, 0.05) is 6.42 Å². The number of hydrogen-bond acceptors (Lipinski definition) is 2. The van der Waals surface area contributed by atoms with Gasteiger partial charge in [0.15, 0.2) is 8.32 Å². The quantitative estimate of drug-likeness (QED) is 0.423. The molecule has 0 aliphatic rings. The zero-order valence-electron chi connectivity index (χ0n) is 15.2. The van der Waals surface area contributed by atoms with E-state index in [0.717, 1.165) is 12.0 Å². The first-order valence-corrected chi connectivity index (χ1v) is 10.8. The van der Waals surface area contributed by atoms with E-state index in [1.54, 1.807) is 0 Å². The topological polar surface area (TPSA) is 29.5 Å². The molecule has 0 spiro atoms. The smallest absolute Gasteiger partial charge is 0.192 e. The molecule has 2 nitrogen and oxygen atoms in total. The highest BCUT2D eigenvalue weighted by Gasteiger charge is 2.41. The van der Waals surface area contributed by atoms with Crippen LogP contribution in [0.5, 0.6) is 0 Å². The molecule has 0 radical (unpaired) electrons. The molecule has 0 saturated carbocycles. The van der Waals surface area contributed by atoms with Gasteiger partial charge in [0.25, 0.3) is 0 Å². The standard InChI is InChI=1S/C18H34O2Si/c1-10-11-15(3)17(16(4)12-14(2)13-19)20-21(8,9)18(5,6)7/h1,12,15-17,19H,11,13H2,2-9H3/b14-12+/t15-,16+,17-/m0/s1. The average molecular weight is 311 g/mol. The molecule has 0 amide bonds. The van der Waals surface area contributed by atoms with Crippen molar-refractivity contribution in [2.45, 2.75) is 72.2 Å². The van der Waals surface area contributed by atoms with E-state index >= 15 is 0 Å². The largest absolute Gasteiger partial charge is 0.413 e. The summed E-state index contributed by atoms with van der Waals surface area (Å²) in [6, 6.07) is 0. The summed E-state index contributed by atoms with van der Waals surface area (Å²) in [7, 11) is -1.84. The Hall–Kier alpha value is -0.563. The van der Waals surface area contributed by atoms with Crippen molar-refractivity contribution in [1.29, 1.82) is 0 Å². The summed E-state index contributed by atoms with van der Waals surface area (Å²) < 4.78 is 6.64. The maximum atomic E-state index is 9.24. The van der Waals surface area contributed by atoms with Gasteiger partial charge in [0.2, 0.25) is 0 Å². The minimum Gasteiger partial charge on any atom is -0.413 e. The summed E-state index contributed by atoms with van der Waals surface area (Å²) in [5.74, 6) is 3.31. The highest BCUT2D eigenvalue weighted by Crippen LogP contribution is 2.39. The van der Waals surface area contributed by atoms with Crippen LogP contribution in [-0.2, 0) is 4.43 Å². The molecule has 1 N–H and O–H groups in total. The zero-order valence-corrected chi connectivity index (χ0v) is 16.2. The van der Waals surface area contributed by atoms with E-state index in [1.807, 2.05) is 6.92 Å². The summed E-state index contributed by atoms with van der Waals surface area (Å²) in [5, 5.41) is 9.41. The Morgan fingerprint density at radius 1 is 1.33 bits per heavy atom. The fourth-order valence-electron chi connectivity index (χ4n) is 2.16. The van der Waals surface area contributed by atoms with Crippen molar-refractivity contribution in [1.82, 2.24) is 0 Å². The van der Waals surface area contributed by atoms with Crippen molar-refractivity contribution in [3.8, 4) is 12.3 Å². The molecule has 0 bridgehead atoms. The van der Waals surface area contributed by atoms with Gasteiger partial charge < -0.3 is 9.53 Å². The van der Waals surface area contributed by atoms with Crippen molar-refractivity contribution >= 4 is 8.32 Å². The van der Waals surface area contributed by atoms with E-state index in [9.17, 15) is 5.11 Å². The summed E-state index contributed by atoms with van der Waals surface area (Å²) >= 11 is 0. The Labute approximate surface area is 133 Å². The maximum Gasteiger partial charge on any atom is 0.192 e. The summed E-state index contributed by atoms with van der Waals surface area (Å²) in [4.78, 5) is 0. The highest BCUT2D eigenvalue weighted by atomic mass is 28.4. The summed E-state index contributed by atoms with van der Waals surface area (Å²) in [6.45, 7) is 17.7. The van der Waals surface area contributed by atoms with Crippen molar-refractivity contribution < 1.29 is 9.53 Å². The van der Waals surface area contributed by atoms with Crippen LogP contribution in [0.25, 0.3) is 0 Å². The van der Waals surface area contributed by atoms with Gasteiger partial charge in [-0.05, 0) is 36.9 Å².